The van der Waals surface area contributed by atoms with Gasteiger partial charge in [0.2, 0.25) is 16.2 Å². The third kappa shape index (κ3) is 4.19. The summed E-state index contributed by atoms with van der Waals surface area (Å²) in [6.45, 7) is 8.41. The van der Waals surface area contributed by atoms with Gasteiger partial charge in [-0.3, -0.25) is 9.36 Å². The number of aryl methyl sites for hydroxylation is 3. The molecule has 6 nitrogen and oxygen atoms in total. The Hall–Kier alpha value is -2.67. The number of amides is 1. The van der Waals surface area contributed by atoms with E-state index >= 15 is 0 Å². The molecule has 0 radical (unpaired) electrons. The van der Waals surface area contributed by atoms with Crippen LogP contribution in [0.2, 0.25) is 0 Å². The molecule has 3 heterocycles. The Morgan fingerprint density at radius 2 is 1.83 bits per heavy atom. The topological polar surface area (TPSA) is 63.1 Å². The van der Waals surface area contributed by atoms with Crippen LogP contribution in [0.3, 0.4) is 0 Å². The predicted octanol–water partition coefficient (Wildman–Crippen LogP) is 3.79. The molecule has 7 heteroatoms. The van der Waals surface area contributed by atoms with Crippen molar-refractivity contribution in [2.75, 3.05) is 18.0 Å². The van der Waals surface area contributed by atoms with Crippen LogP contribution in [0.25, 0.3) is 5.13 Å². The van der Waals surface area contributed by atoms with Gasteiger partial charge in [0.05, 0.1) is 5.92 Å². The van der Waals surface area contributed by atoms with Crippen LogP contribution in [0.1, 0.15) is 35.4 Å². The van der Waals surface area contributed by atoms with Gasteiger partial charge in [-0.15, -0.1) is 10.2 Å². The SMILES string of the molecule is Cc1ccccc1CNC(=O)C1CCCN(c2nnc(-n3c(C)ccc3C)s2)C1. The summed E-state index contributed by atoms with van der Waals surface area (Å²) in [7, 11) is 0. The van der Waals surface area contributed by atoms with E-state index in [0.29, 0.717) is 13.1 Å². The van der Waals surface area contributed by atoms with Crippen LogP contribution in [0.15, 0.2) is 36.4 Å². The Bertz CT molecular complexity index is 989. The number of carbonyl (C=O) groups excluding carboxylic acids is 1. The molecule has 29 heavy (non-hydrogen) atoms. The summed E-state index contributed by atoms with van der Waals surface area (Å²) in [5, 5.41) is 13.7. The third-order valence-corrected chi connectivity index (χ3v) is 6.61. The third-order valence-electron chi connectivity index (χ3n) is 5.64. The fourth-order valence-corrected chi connectivity index (χ4v) is 4.90. The zero-order valence-electron chi connectivity index (χ0n) is 17.2. The summed E-state index contributed by atoms with van der Waals surface area (Å²) in [5.74, 6) is 0.106. The molecule has 3 aromatic rings. The highest BCUT2D eigenvalue weighted by molar-refractivity contribution is 7.17. The molecule has 1 amide bonds. The zero-order valence-corrected chi connectivity index (χ0v) is 18.0. The summed E-state index contributed by atoms with van der Waals surface area (Å²) < 4.78 is 2.12. The lowest BCUT2D eigenvalue weighted by Gasteiger charge is -2.31. The average molecular weight is 410 g/mol. The van der Waals surface area contributed by atoms with Gasteiger partial charge in [-0.25, -0.2) is 0 Å². The minimum Gasteiger partial charge on any atom is -0.352 e. The number of carbonyl (C=O) groups is 1. The first-order chi connectivity index (χ1) is 14.0. The van der Waals surface area contributed by atoms with E-state index in [1.54, 1.807) is 11.3 Å². The van der Waals surface area contributed by atoms with Crippen molar-refractivity contribution < 1.29 is 4.79 Å². The first-order valence-corrected chi connectivity index (χ1v) is 10.9. The maximum absolute atomic E-state index is 12.8. The molecular formula is C22H27N5OS. The smallest absolute Gasteiger partial charge is 0.225 e. The molecule has 1 fully saturated rings. The number of nitrogens with one attached hydrogen (secondary N) is 1. The second-order valence-electron chi connectivity index (χ2n) is 7.75. The predicted molar refractivity (Wildman–Crippen MR) is 117 cm³/mol. The van der Waals surface area contributed by atoms with Crippen LogP contribution in [-0.4, -0.2) is 33.8 Å². The minimum atomic E-state index is -0.0184. The average Bonchev–Trinajstić information content (AvgIpc) is 3.33. The Balaban J connectivity index is 1.41. The van der Waals surface area contributed by atoms with Crippen LogP contribution in [0, 0.1) is 26.7 Å². The maximum Gasteiger partial charge on any atom is 0.225 e. The molecule has 152 valence electrons. The van der Waals surface area contributed by atoms with E-state index in [0.717, 1.165) is 41.0 Å². The second kappa shape index (κ2) is 8.37. The standard InChI is InChI=1S/C22H27N5OS/c1-15-7-4-5-8-18(15)13-23-20(28)19-9-6-12-26(14-19)21-24-25-22(29-21)27-16(2)10-11-17(27)3/h4-5,7-8,10-11,19H,6,9,12-14H2,1-3H3,(H,23,28). The molecule has 1 aliphatic rings. The first kappa shape index (κ1) is 19.6. The molecule has 1 aliphatic heterocycles. The number of nitrogens with zero attached hydrogens (tertiary/aromatic N) is 4. The largest absolute Gasteiger partial charge is 0.352 e. The molecule has 0 spiro atoms. The molecule has 1 aromatic carbocycles. The highest BCUT2D eigenvalue weighted by Gasteiger charge is 2.28. The van der Waals surface area contributed by atoms with Crippen molar-refractivity contribution in [1.82, 2.24) is 20.1 Å². The van der Waals surface area contributed by atoms with Gasteiger partial charge in [-0.1, -0.05) is 35.6 Å². The maximum atomic E-state index is 12.8. The number of piperidine rings is 1. The Morgan fingerprint density at radius 3 is 2.59 bits per heavy atom. The highest BCUT2D eigenvalue weighted by atomic mass is 32.1. The fraction of sp³-hybridized carbons (Fsp3) is 0.409. The summed E-state index contributed by atoms with van der Waals surface area (Å²) in [6.07, 6.45) is 1.90. The normalized spacial score (nSPS) is 16.8. The van der Waals surface area contributed by atoms with Gasteiger partial charge in [0, 0.05) is 31.0 Å². The molecule has 0 saturated carbocycles. The van der Waals surface area contributed by atoms with E-state index in [4.69, 9.17) is 0 Å². The van der Waals surface area contributed by atoms with Crippen LogP contribution < -0.4 is 10.2 Å². The molecule has 1 unspecified atom stereocenters. The zero-order chi connectivity index (χ0) is 20.4. The van der Waals surface area contributed by atoms with Gasteiger partial charge in [0.25, 0.3) is 0 Å². The summed E-state index contributed by atoms with van der Waals surface area (Å²) >= 11 is 1.59. The monoisotopic (exact) mass is 409 g/mol. The molecule has 1 saturated heterocycles. The molecule has 1 N–H and O–H groups in total. The van der Waals surface area contributed by atoms with Crippen molar-refractivity contribution in [3.63, 3.8) is 0 Å². The van der Waals surface area contributed by atoms with E-state index < -0.39 is 0 Å². The van der Waals surface area contributed by atoms with Crippen molar-refractivity contribution in [3.8, 4) is 5.13 Å². The lowest BCUT2D eigenvalue weighted by atomic mass is 9.97. The second-order valence-corrected chi connectivity index (χ2v) is 8.68. The summed E-state index contributed by atoms with van der Waals surface area (Å²) in [5.41, 5.74) is 4.67. The van der Waals surface area contributed by atoms with Gasteiger partial charge in [-0.2, -0.15) is 0 Å². The molecule has 0 aliphatic carbocycles. The van der Waals surface area contributed by atoms with Crippen LogP contribution >= 0.6 is 11.3 Å². The highest BCUT2D eigenvalue weighted by Crippen LogP contribution is 2.29. The lowest BCUT2D eigenvalue weighted by Crippen LogP contribution is -2.43. The molecule has 4 rings (SSSR count). The summed E-state index contributed by atoms with van der Waals surface area (Å²) in [4.78, 5) is 15.0. The van der Waals surface area contributed by atoms with Crippen LogP contribution in [-0.2, 0) is 11.3 Å². The molecule has 1 atom stereocenters. The minimum absolute atomic E-state index is 0.0184. The summed E-state index contributed by atoms with van der Waals surface area (Å²) in [6, 6.07) is 12.4. The van der Waals surface area contributed by atoms with E-state index in [1.165, 1.54) is 11.1 Å². The van der Waals surface area contributed by atoms with Gasteiger partial charge in [-0.05, 0) is 56.9 Å². The number of benzene rings is 1. The van der Waals surface area contributed by atoms with Crippen molar-refractivity contribution in [3.05, 3.63) is 58.9 Å². The van der Waals surface area contributed by atoms with E-state index in [-0.39, 0.29) is 11.8 Å². The van der Waals surface area contributed by atoms with Crippen molar-refractivity contribution in [1.29, 1.82) is 0 Å². The quantitative estimate of drug-likeness (QED) is 0.696. The van der Waals surface area contributed by atoms with Crippen molar-refractivity contribution in [2.45, 2.75) is 40.2 Å². The van der Waals surface area contributed by atoms with Gasteiger partial charge < -0.3 is 10.2 Å². The van der Waals surface area contributed by atoms with Gasteiger partial charge in [0.15, 0.2) is 0 Å². The number of hydrogen-bond acceptors (Lipinski definition) is 5. The number of rotatable bonds is 5. The number of anilines is 1. The molecule has 2 aromatic heterocycles. The van der Waals surface area contributed by atoms with E-state index in [1.807, 2.05) is 12.1 Å². The number of aromatic nitrogens is 3. The van der Waals surface area contributed by atoms with Crippen LogP contribution in [0.4, 0.5) is 5.13 Å². The van der Waals surface area contributed by atoms with E-state index in [2.05, 4.69) is 70.0 Å². The van der Waals surface area contributed by atoms with Crippen LogP contribution in [0.5, 0.6) is 0 Å². The Kier molecular flexibility index (Phi) is 5.67. The van der Waals surface area contributed by atoms with Gasteiger partial charge in [0.1, 0.15) is 0 Å². The number of hydrogen-bond donors (Lipinski definition) is 1. The van der Waals surface area contributed by atoms with E-state index in [9.17, 15) is 4.79 Å². The van der Waals surface area contributed by atoms with Gasteiger partial charge >= 0.3 is 0 Å². The molecular weight excluding hydrogens is 382 g/mol. The Morgan fingerprint density at radius 1 is 1.10 bits per heavy atom. The fourth-order valence-electron chi connectivity index (χ4n) is 3.90. The van der Waals surface area contributed by atoms with Crippen molar-refractivity contribution in [2.24, 2.45) is 5.92 Å². The Labute approximate surface area is 175 Å². The molecule has 0 bridgehead atoms. The van der Waals surface area contributed by atoms with Crippen molar-refractivity contribution >= 4 is 22.4 Å². The first-order valence-electron chi connectivity index (χ1n) is 10.1. The lowest BCUT2D eigenvalue weighted by molar-refractivity contribution is -0.125.